The topological polar surface area (TPSA) is 220 Å². The summed E-state index contributed by atoms with van der Waals surface area (Å²) in [5.74, 6) is -1.84. The molecule has 4 aromatic carbocycles. The zero-order valence-electron chi connectivity index (χ0n) is 33.3. The molecule has 14 nitrogen and oxygen atoms in total. The minimum Gasteiger partial charge on any atom is -0.445 e. The van der Waals surface area contributed by atoms with E-state index in [1.54, 1.807) is 104 Å². The lowest BCUT2D eigenvalue weighted by atomic mass is 9.93. The fourth-order valence-electron chi connectivity index (χ4n) is 6.32. The molecule has 0 aromatic heterocycles. The van der Waals surface area contributed by atoms with Gasteiger partial charge >= 0.3 is 12.2 Å². The largest absolute Gasteiger partial charge is 0.445 e. The van der Waals surface area contributed by atoms with Crippen LogP contribution in [0.5, 0.6) is 0 Å². The van der Waals surface area contributed by atoms with Crippen molar-refractivity contribution < 1.29 is 42.2 Å². The Bertz CT molecular complexity index is 2020. The Balaban J connectivity index is 1.69. The molecule has 59 heavy (non-hydrogen) atoms. The molecule has 0 saturated heterocycles. The van der Waals surface area contributed by atoms with Gasteiger partial charge in [-0.2, -0.15) is 4.31 Å². The van der Waals surface area contributed by atoms with E-state index in [4.69, 9.17) is 20.9 Å². The zero-order valence-corrected chi connectivity index (χ0v) is 34.1. The van der Waals surface area contributed by atoms with Crippen molar-refractivity contribution >= 4 is 33.9 Å². The number of carbonyl (C=O) groups is 4. The molecule has 0 heterocycles. The highest BCUT2D eigenvalue weighted by Gasteiger charge is 2.42. The molecule has 0 saturated carbocycles. The second-order valence-corrected chi connectivity index (χ2v) is 16.0. The fourth-order valence-corrected chi connectivity index (χ4v) is 7.81. The maximum Gasteiger partial charge on any atom is 0.424 e. The summed E-state index contributed by atoms with van der Waals surface area (Å²) in [5.41, 5.74) is 14.2. The smallest absolute Gasteiger partial charge is 0.424 e. The predicted molar refractivity (Wildman–Crippen MR) is 223 cm³/mol. The van der Waals surface area contributed by atoms with Crippen molar-refractivity contribution in [3.63, 3.8) is 0 Å². The van der Waals surface area contributed by atoms with Gasteiger partial charge in [-0.25, -0.2) is 18.0 Å². The van der Waals surface area contributed by atoms with E-state index in [0.717, 1.165) is 11.1 Å². The number of alkyl carbamates (subject to hydrolysis) is 1. The number of nitrogens with one attached hydrogen (secondary N) is 2. The van der Waals surface area contributed by atoms with Gasteiger partial charge in [0.05, 0.1) is 17.0 Å². The number of ether oxygens (including phenoxy) is 2. The molecule has 0 aliphatic rings. The van der Waals surface area contributed by atoms with Crippen molar-refractivity contribution in [1.29, 1.82) is 0 Å². The summed E-state index contributed by atoms with van der Waals surface area (Å²) in [6, 6.07) is 27.8. The number of aliphatic hydroxyl groups excluding tert-OH is 1. The van der Waals surface area contributed by atoms with E-state index >= 15 is 0 Å². The van der Waals surface area contributed by atoms with Gasteiger partial charge in [-0.15, -0.1) is 0 Å². The molecule has 0 aliphatic carbocycles. The summed E-state index contributed by atoms with van der Waals surface area (Å²) >= 11 is 0. The van der Waals surface area contributed by atoms with E-state index in [9.17, 15) is 32.7 Å². The normalized spacial score (nSPS) is 13.3. The Hall–Kier alpha value is -5.61. The van der Waals surface area contributed by atoms with Gasteiger partial charge in [0.2, 0.25) is 5.91 Å². The highest BCUT2D eigenvalue weighted by atomic mass is 32.2. The number of benzene rings is 4. The van der Waals surface area contributed by atoms with Crippen LogP contribution in [0.4, 0.5) is 9.59 Å². The number of Topliss-reactive ketones (excluding diaryl/α,β-unsaturated/α-hetero) is 1. The molecule has 4 rings (SSSR count). The molecule has 3 amide bonds. The summed E-state index contributed by atoms with van der Waals surface area (Å²) in [6.07, 6.45) is -2.53. The van der Waals surface area contributed by atoms with Crippen LogP contribution in [-0.4, -0.2) is 79.0 Å². The van der Waals surface area contributed by atoms with E-state index in [1.807, 2.05) is 6.07 Å². The number of nitrogens with zero attached hydrogens (tertiary/aromatic N) is 1. The summed E-state index contributed by atoms with van der Waals surface area (Å²) in [7, 11) is -4.74. The van der Waals surface area contributed by atoms with Crippen molar-refractivity contribution in [3.8, 4) is 0 Å². The van der Waals surface area contributed by atoms with Gasteiger partial charge in [-0.1, -0.05) is 115 Å². The lowest BCUT2D eigenvalue weighted by Crippen LogP contribution is -2.58. The van der Waals surface area contributed by atoms with Crippen LogP contribution >= 0.6 is 0 Å². The number of aryl methyl sites for hydroxylation is 1. The van der Waals surface area contributed by atoms with Gasteiger partial charge in [-0.3, -0.25) is 9.59 Å². The average molecular weight is 830 g/mol. The molecule has 0 fully saturated rings. The van der Waals surface area contributed by atoms with E-state index in [-0.39, 0.29) is 50.3 Å². The average Bonchev–Trinajstić information content (AvgIpc) is 3.24. The van der Waals surface area contributed by atoms with Crippen molar-refractivity contribution in [2.75, 3.05) is 13.1 Å². The van der Waals surface area contributed by atoms with Crippen LogP contribution < -0.4 is 22.1 Å². The number of sulfonamides is 1. The van der Waals surface area contributed by atoms with Crippen LogP contribution in [0.15, 0.2) is 120 Å². The van der Waals surface area contributed by atoms with E-state index in [0.29, 0.717) is 41.2 Å². The molecular weight excluding hydrogens is 775 g/mol. The number of amides is 3. The Morgan fingerprint density at radius 1 is 0.678 bits per heavy atom. The maximum absolute atomic E-state index is 14.6. The lowest BCUT2D eigenvalue weighted by molar-refractivity contribution is -0.135. The monoisotopic (exact) mass is 829 g/mol. The highest BCUT2D eigenvalue weighted by Crippen LogP contribution is 2.24. The Kier molecular flexibility index (Phi) is 18.5. The summed E-state index contributed by atoms with van der Waals surface area (Å²) < 4.78 is 40.2. The first-order valence-corrected chi connectivity index (χ1v) is 21.1. The van der Waals surface area contributed by atoms with Crippen molar-refractivity contribution in [2.24, 2.45) is 11.5 Å². The van der Waals surface area contributed by atoms with Gasteiger partial charge < -0.3 is 36.7 Å². The first kappa shape index (κ1) is 46.1. The summed E-state index contributed by atoms with van der Waals surface area (Å²) in [5, 5.41) is 17.0. The van der Waals surface area contributed by atoms with E-state index in [1.165, 1.54) is 12.1 Å². The zero-order chi connectivity index (χ0) is 42.6. The molecule has 7 N–H and O–H groups in total. The fraction of sp³-hybridized carbons (Fsp3) is 0.364. The number of ketones is 1. The van der Waals surface area contributed by atoms with Gasteiger partial charge in [0.15, 0.2) is 5.78 Å². The van der Waals surface area contributed by atoms with E-state index < -0.39 is 58.1 Å². The third-order valence-electron chi connectivity index (χ3n) is 9.58. The molecule has 0 bridgehead atoms. The maximum atomic E-state index is 14.6. The first-order valence-electron chi connectivity index (χ1n) is 19.7. The second-order valence-electron chi connectivity index (χ2n) is 14.1. The van der Waals surface area contributed by atoms with E-state index in [2.05, 4.69) is 10.6 Å². The van der Waals surface area contributed by atoms with Gasteiger partial charge in [0.25, 0.3) is 10.0 Å². The predicted octanol–water partition coefficient (Wildman–Crippen LogP) is 4.90. The standard InChI is InChI=1S/C44H55N5O9S/c1-32-23-25-36(26-24-32)59(55,56)49(44(54)58-31-35-19-9-4-10-20-35)39(22-12-14-28-46)42(52)47-38(29-33-15-5-2-6-16-33)41(51)40(50)37(21-11-13-27-45)48-43(53)57-30-34-17-7-3-8-18-34/h2-10,15-20,23-26,37-40,50H,11-14,21-22,27-31,45-46H2,1H3,(H,47,52)(H,48,53)/t37-,38-,39+,40?/m0/s1. The van der Waals surface area contributed by atoms with Crippen molar-refractivity contribution in [1.82, 2.24) is 14.9 Å². The molecule has 4 atom stereocenters. The number of nitrogens with two attached hydrogens (primary N) is 2. The van der Waals surface area contributed by atoms with Gasteiger partial charge in [0, 0.05) is 0 Å². The Labute approximate surface area is 346 Å². The van der Waals surface area contributed by atoms with Crippen molar-refractivity contribution in [3.05, 3.63) is 138 Å². The minimum atomic E-state index is -4.74. The van der Waals surface area contributed by atoms with Gasteiger partial charge in [-0.05, 0) is 87.4 Å². The van der Waals surface area contributed by atoms with Crippen LogP contribution in [0.25, 0.3) is 0 Å². The van der Waals surface area contributed by atoms with Crippen LogP contribution in [-0.2, 0) is 48.7 Å². The molecule has 15 heteroatoms. The number of rotatable bonds is 23. The second kappa shape index (κ2) is 23.7. The molecule has 4 aromatic rings. The van der Waals surface area contributed by atoms with Crippen LogP contribution in [0.2, 0.25) is 0 Å². The van der Waals surface area contributed by atoms with Gasteiger partial charge in [0.1, 0.15) is 25.4 Å². The summed E-state index contributed by atoms with van der Waals surface area (Å²) in [4.78, 5) is 55.7. The number of hydrogen-bond donors (Lipinski definition) is 5. The number of unbranched alkanes of at least 4 members (excludes halogenated alkanes) is 2. The minimum absolute atomic E-state index is 0.0553. The Morgan fingerprint density at radius 2 is 1.19 bits per heavy atom. The number of hydrogen-bond acceptors (Lipinski definition) is 11. The first-order chi connectivity index (χ1) is 28.4. The third-order valence-corrected chi connectivity index (χ3v) is 11.4. The third kappa shape index (κ3) is 14.3. The quantitative estimate of drug-likeness (QED) is 0.0633. The lowest BCUT2D eigenvalue weighted by Gasteiger charge is -2.32. The number of aliphatic hydroxyl groups is 1. The summed E-state index contributed by atoms with van der Waals surface area (Å²) in [6.45, 7) is 1.99. The molecule has 0 spiro atoms. The molecule has 316 valence electrons. The van der Waals surface area contributed by atoms with Crippen molar-refractivity contribution in [2.45, 2.75) is 94.2 Å². The highest BCUT2D eigenvalue weighted by molar-refractivity contribution is 7.89. The van der Waals surface area contributed by atoms with Crippen LogP contribution in [0, 0.1) is 6.92 Å². The molecule has 0 radical (unpaired) electrons. The number of carbonyl (C=O) groups excluding carboxylic acids is 4. The SMILES string of the molecule is Cc1ccc(S(=O)(=O)N(C(=O)OCc2ccccc2)[C@H](CCCCN)C(=O)N[C@@H](Cc2ccccc2)C(=O)C(O)[C@H](CCCCN)NC(=O)OCc2ccccc2)cc1. The molecule has 0 aliphatic heterocycles. The van der Waals surface area contributed by atoms with Crippen LogP contribution in [0.3, 0.4) is 0 Å². The van der Waals surface area contributed by atoms with Crippen LogP contribution in [0.1, 0.15) is 60.8 Å². The molecule has 1 unspecified atom stereocenters. The molecular formula is C44H55N5O9S. The Morgan fingerprint density at radius 3 is 1.73 bits per heavy atom.